The van der Waals surface area contributed by atoms with Crippen LogP contribution in [-0.4, -0.2) is 21.1 Å². The number of aryl methyl sites for hydroxylation is 2. The fourth-order valence-electron chi connectivity index (χ4n) is 2.35. The summed E-state index contributed by atoms with van der Waals surface area (Å²) in [6, 6.07) is 7.47. The van der Waals surface area contributed by atoms with Gasteiger partial charge in [-0.2, -0.15) is 13.2 Å². The molecule has 1 amide bonds. The van der Waals surface area contributed by atoms with E-state index >= 15 is 0 Å². The molecule has 3 rings (SSSR count). The molecule has 0 unspecified atom stereocenters. The third-order valence-corrected chi connectivity index (χ3v) is 5.12. The van der Waals surface area contributed by atoms with Crippen LogP contribution in [0.1, 0.15) is 26.6 Å². The van der Waals surface area contributed by atoms with E-state index in [-0.39, 0.29) is 5.13 Å². The highest BCUT2D eigenvalue weighted by atomic mass is 35.5. The number of carbonyl (C=O) groups excluding carboxylic acids is 1. The van der Waals surface area contributed by atoms with E-state index in [1.165, 1.54) is 6.07 Å². The third-order valence-electron chi connectivity index (χ3n) is 3.63. The number of anilines is 1. The molecule has 1 N–H and O–H groups in total. The Morgan fingerprint density at radius 1 is 1.14 bits per heavy atom. The molecule has 0 aliphatic carbocycles. The first-order valence-corrected chi connectivity index (χ1v) is 9.41. The Labute approximate surface area is 171 Å². The van der Waals surface area contributed by atoms with E-state index in [1.807, 2.05) is 0 Å². The van der Waals surface area contributed by atoms with E-state index in [9.17, 15) is 18.0 Å². The molecule has 28 heavy (non-hydrogen) atoms. The highest BCUT2D eigenvalue weighted by Gasteiger charge is 2.37. The van der Waals surface area contributed by atoms with Gasteiger partial charge in [0, 0.05) is 22.7 Å². The molecular weight excluding hydrogens is 436 g/mol. The Kier molecular flexibility index (Phi) is 6.17. The summed E-state index contributed by atoms with van der Waals surface area (Å²) in [4.78, 5) is 15.5. The zero-order valence-electron chi connectivity index (χ0n) is 13.9. The first-order chi connectivity index (χ1) is 13.2. The van der Waals surface area contributed by atoms with Crippen LogP contribution in [0.4, 0.5) is 18.3 Å². The smallest absolute Gasteiger partial charge is 0.296 e. The number of pyridine rings is 1. The molecule has 11 heteroatoms. The molecule has 0 bridgehead atoms. The summed E-state index contributed by atoms with van der Waals surface area (Å²) in [5.74, 6) is -0.955. The van der Waals surface area contributed by atoms with Crippen molar-refractivity contribution in [1.29, 1.82) is 0 Å². The molecule has 1 aromatic carbocycles. The van der Waals surface area contributed by atoms with E-state index in [2.05, 4.69) is 20.5 Å². The molecule has 0 atom stereocenters. The lowest BCUT2D eigenvalue weighted by Gasteiger charge is -2.10. The largest absolute Gasteiger partial charge is 0.434 e. The lowest BCUT2D eigenvalue weighted by molar-refractivity contribution is -0.141. The Morgan fingerprint density at radius 3 is 2.64 bits per heavy atom. The summed E-state index contributed by atoms with van der Waals surface area (Å²) in [5, 5.41) is 11.8. The normalized spacial score (nSPS) is 11.5. The number of alkyl halides is 3. The predicted molar refractivity (Wildman–Crippen MR) is 101 cm³/mol. The standard InChI is InChI=1S/C17H11Cl2F3N4OS/c18-10-5-3-9(12(19)8-10)4-6-13-25-26-16(28-13)24-15(27)11-2-1-7-23-14(11)17(20,21)22/h1-3,5,7-8H,4,6H2,(H,24,26,27). The van der Waals surface area contributed by atoms with Crippen LogP contribution in [0.3, 0.4) is 0 Å². The maximum absolute atomic E-state index is 13.0. The number of nitrogens with zero attached hydrogens (tertiary/aromatic N) is 3. The van der Waals surface area contributed by atoms with Crippen molar-refractivity contribution in [3.05, 3.63) is 68.4 Å². The van der Waals surface area contributed by atoms with Gasteiger partial charge in [0.2, 0.25) is 5.13 Å². The van der Waals surface area contributed by atoms with E-state index in [4.69, 9.17) is 23.2 Å². The number of carbonyl (C=O) groups is 1. The molecular formula is C17H11Cl2F3N4OS. The molecule has 2 heterocycles. The molecule has 0 aliphatic rings. The minimum Gasteiger partial charge on any atom is -0.296 e. The molecule has 2 aromatic heterocycles. The van der Waals surface area contributed by atoms with E-state index in [0.717, 1.165) is 29.2 Å². The van der Waals surface area contributed by atoms with Crippen molar-refractivity contribution >= 4 is 45.6 Å². The SMILES string of the molecule is O=C(Nc1nnc(CCc2ccc(Cl)cc2Cl)s1)c1cccnc1C(F)(F)F. The average Bonchev–Trinajstić information content (AvgIpc) is 3.07. The van der Waals surface area contributed by atoms with Crippen molar-refractivity contribution in [1.82, 2.24) is 15.2 Å². The van der Waals surface area contributed by atoms with Crippen molar-refractivity contribution in [3.63, 3.8) is 0 Å². The van der Waals surface area contributed by atoms with Crippen LogP contribution in [0.2, 0.25) is 10.0 Å². The molecule has 0 saturated heterocycles. The number of aromatic nitrogens is 3. The molecule has 0 spiro atoms. The molecule has 0 fully saturated rings. The number of hydrogen-bond donors (Lipinski definition) is 1. The van der Waals surface area contributed by atoms with E-state index in [1.54, 1.807) is 18.2 Å². The van der Waals surface area contributed by atoms with E-state index in [0.29, 0.717) is 27.9 Å². The minimum absolute atomic E-state index is 0.0965. The van der Waals surface area contributed by atoms with Crippen LogP contribution in [-0.2, 0) is 19.0 Å². The van der Waals surface area contributed by atoms with Crippen LogP contribution in [0.5, 0.6) is 0 Å². The first-order valence-electron chi connectivity index (χ1n) is 7.84. The van der Waals surface area contributed by atoms with Crippen LogP contribution in [0.15, 0.2) is 36.5 Å². The number of rotatable bonds is 5. The summed E-state index contributed by atoms with van der Waals surface area (Å²) >= 11 is 13.0. The fraction of sp³-hybridized carbons (Fsp3) is 0.176. The number of amides is 1. The number of nitrogens with one attached hydrogen (secondary N) is 1. The highest BCUT2D eigenvalue weighted by Crippen LogP contribution is 2.30. The summed E-state index contributed by atoms with van der Waals surface area (Å²) in [5.41, 5.74) is -0.966. The summed E-state index contributed by atoms with van der Waals surface area (Å²) in [6.07, 6.45) is -2.70. The fourth-order valence-corrected chi connectivity index (χ4v) is 3.59. The van der Waals surface area contributed by atoms with Crippen molar-refractivity contribution < 1.29 is 18.0 Å². The molecule has 146 valence electrons. The van der Waals surface area contributed by atoms with Gasteiger partial charge in [-0.1, -0.05) is 40.6 Å². The summed E-state index contributed by atoms with van der Waals surface area (Å²) in [7, 11) is 0. The Morgan fingerprint density at radius 2 is 1.93 bits per heavy atom. The van der Waals surface area contributed by atoms with Crippen LogP contribution in [0, 0.1) is 0 Å². The molecule has 0 saturated carbocycles. The maximum Gasteiger partial charge on any atom is 0.434 e. The number of benzene rings is 1. The Hall–Kier alpha value is -2.23. The van der Waals surface area contributed by atoms with Gasteiger partial charge in [-0.3, -0.25) is 15.1 Å². The van der Waals surface area contributed by atoms with Crippen LogP contribution >= 0.6 is 34.5 Å². The molecule has 5 nitrogen and oxygen atoms in total. The predicted octanol–water partition coefficient (Wildman–Crippen LogP) is 5.30. The molecule has 0 radical (unpaired) electrons. The average molecular weight is 447 g/mol. The van der Waals surface area contributed by atoms with Gasteiger partial charge >= 0.3 is 6.18 Å². The lowest BCUT2D eigenvalue weighted by atomic mass is 10.1. The quantitative estimate of drug-likeness (QED) is 0.577. The van der Waals surface area contributed by atoms with Gasteiger partial charge in [0.1, 0.15) is 5.01 Å². The lowest BCUT2D eigenvalue weighted by Crippen LogP contribution is -2.20. The van der Waals surface area contributed by atoms with Gasteiger partial charge in [-0.15, -0.1) is 10.2 Å². The van der Waals surface area contributed by atoms with Crippen molar-refractivity contribution in [2.45, 2.75) is 19.0 Å². The van der Waals surface area contributed by atoms with Gasteiger partial charge in [0.05, 0.1) is 5.56 Å². The summed E-state index contributed by atoms with van der Waals surface area (Å²) < 4.78 is 39.0. The van der Waals surface area contributed by atoms with E-state index < -0.39 is 23.3 Å². The summed E-state index contributed by atoms with van der Waals surface area (Å²) in [6.45, 7) is 0. The maximum atomic E-state index is 13.0. The second-order valence-electron chi connectivity index (χ2n) is 5.59. The molecule has 0 aliphatic heterocycles. The Bertz CT molecular complexity index is 1010. The van der Waals surface area contributed by atoms with Gasteiger partial charge in [-0.25, -0.2) is 0 Å². The van der Waals surface area contributed by atoms with Gasteiger partial charge in [0.15, 0.2) is 5.69 Å². The first kappa shape index (κ1) is 20.5. The van der Waals surface area contributed by atoms with Crippen LogP contribution in [0.25, 0.3) is 0 Å². The molecule has 3 aromatic rings. The third kappa shape index (κ3) is 4.98. The second kappa shape index (κ2) is 8.42. The number of halogens is 5. The van der Waals surface area contributed by atoms with Crippen LogP contribution < -0.4 is 5.32 Å². The van der Waals surface area contributed by atoms with Gasteiger partial charge in [0.25, 0.3) is 5.91 Å². The highest BCUT2D eigenvalue weighted by molar-refractivity contribution is 7.15. The zero-order chi connectivity index (χ0) is 20.3. The van der Waals surface area contributed by atoms with Gasteiger partial charge in [-0.05, 0) is 36.2 Å². The topological polar surface area (TPSA) is 67.8 Å². The second-order valence-corrected chi connectivity index (χ2v) is 7.49. The monoisotopic (exact) mass is 446 g/mol. The van der Waals surface area contributed by atoms with Crippen molar-refractivity contribution in [2.24, 2.45) is 0 Å². The number of hydrogen-bond acceptors (Lipinski definition) is 5. The van der Waals surface area contributed by atoms with Crippen molar-refractivity contribution in [3.8, 4) is 0 Å². The minimum atomic E-state index is -4.74. The van der Waals surface area contributed by atoms with Crippen molar-refractivity contribution in [2.75, 3.05) is 5.32 Å². The zero-order valence-corrected chi connectivity index (χ0v) is 16.3. The Balaban J connectivity index is 1.67. The van der Waals surface area contributed by atoms with Gasteiger partial charge < -0.3 is 0 Å².